The second-order valence-electron chi connectivity index (χ2n) is 6.24. The Hall–Kier alpha value is -3.00. The minimum atomic E-state index is -0.950. The summed E-state index contributed by atoms with van der Waals surface area (Å²) in [7, 11) is 0. The molecule has 0 unspecified atom stereocenters. The molecule has 0 saturated carbocycles. The molecule has 0 fully saturated rings. The smallest absolute Gasteiger partial charge is 0.408 e. The first-order valence-electron chi connectivity index (χ1n) is 7.47. The summed E-state index contributed by atoms with van der Waals surface area (Å²) < 4.78 is 5.11. The van der Waals surface area contributed by atoms with Crippen molar-refractivity contribution in [3.63, 3.8) is 0 Å². The molecule has 1 amide bonds. The Morgan fingerprint density at radius 1 is 1.12 bits per heavy atom. The van der Waals surface area contributed by atoms with Gasteiger partial charge in [-0.05, 0) is 55.8 Å². The second kappa shape index (κ2) is 7.05. The fourth-order valence-electron chi connectivity index (χ4n) is 2.03. The van der Waals surface area contributed by atoms with Crippen molar-refractivity contribution in [2.45, 2.75) is 26.4 Å². The number of carbonyl (C=O) groups is 2. The van der Waals surface area contributed by atoms with E-state index >= 15 is 0 Å². The SMILES string of the molecule is CC(C)(C)OC(=O)NCC#Cc1ccc2cc(C(=O)O)ccc2c1. The number of amides is 1. The lowest BCUT2D eigenvalue weighted by molar-refractivity contribution is 0.0534. The number of carbonyl (C=O) groups excluding carboxylic acids is 1. The average Bonchev–Trinajstić information content (AvgIpc) is 2.49. The highest BCUT2D eigenvalue weighted by molar-refractivity contribution is 5.94. The number of hydrogen-bond donors (Lipinski definition) is 2. The van der Waals surface area contributed by atoms with Crippen LogP contribution in [0.1, 0.15) is 36.7 Å². The van der Waals surface area contributed by atoms with Gasteiger partial charge in [-0.15, -0.1) is 0 Å². The van der Waals surface area contributed by atoms with Crippen LogP contribution in [0.25, 0.3) is 10.8 Å². The maximum atomic E-state index is 11.5. The number of carboxylic acids is 1. The Bertz CT molecular complexity index is 838. The monoisotopic (exact) mass is 325 g/mol. The van der Waals surface area contributed by atoms with Crippen molar-refractivity contribution in [3.05, 3.63) is 47.5 Å². The van der Waals surface area contributed by atoms with E-state index in [-0.39, 0.29) is 12.1 Å². The lowest BCUT2D eigenvalue weighted by atomic mass is 10.0. The summed E-state index contributed by atoms with van der Waals surface area (Å²) in [5.74, 6) is 4.86. The van der Waals surface area contributed by atoms with E-state index in [4.69, 9.17) is 9.84 Å². The molecule has 5 heteroatoms. The molecule has 0 bridgehead atoms. The van der Waals surface area contributed by atoms with Gasteiger partial charge in [-0.1, -0.05) is 24.0 Å². The number of alkyl carbamates (subject to hydrolysis) is 1. The Morgan fingerprint density at radius 2 is 1.79 bits per heavy atom. The van der Waals surface area contributed by atoms with E-state index in [0.29, 0.717) is 0 Å². The van der Waals surface area contributed by atoms with Gasteiger partial charge in [0, 0.05) is 5.56 Å². The van der Waals surface area contributed by atoms with Gasteiger partial charge in [0.1, 0.15) is 5.60 Å². The molecule has 24 heavy (non-hydrogen) atoms. The quantitative estimate of drug-likeness (QED) is 0.830. The molecule has 2 N–H and O–H groups in total. The highest BCUT2D eigenvalue weighted by Gasteiger charge is 2.15. The van der Waals surface area contributed by atoms with Crippen molar-refractivity contribution in [2.75, 3.05) is 6.54 Å². The van der Waals surface area contributed by atoms with Crippen LogP contribution in [0, 0.1) is 11.8 Å². The van der Waals surface area contributed by atoms with Crippen molar-refractivity contribution in [1.29, 1.82) is 0 Å². The molecule has 0 aliphatic heterocycles. The lowest BCUT2D eigenvalue weighted by Crippen LogP contribution is -2.32. The number of aromatic carboxylic acids is 1. The van der Waals surface area contributed by atoms with Crippen molar-refractivity contribution in [3.8, 4) is 11.8 Å². The fraction of sp³-hybridized carbons (Fsp3) is 0.263. The predicted octanol–water partition coefficient (Wildman–Crippen LogP) is 3.41. The Labute approximate surface area is 140 Å². The summed E-state index contributed by atoms with van der Waals surface area (Å²) in [5, 5.41) is 13.3. The largest absolute Gasteiger partial charge is 0.478 e. The summed E-state index contributed by atoms with van der Waals surface area (Å²) in [4.78, 5) is 22.4. The van der Waals surface area contributed by atoms with Gasteiger partial charge in [0.05, 0.1) is 12.1 Å². The molecule has 0 saturated heterocycles. The van der Waals surface area contributed by atoms with E-state index in [0.717, 1.165) is 16.3 Å². The molecule has 124 valence electrons. The first kappa shape index (κ1) is 17.4. The minimum absolute atomic E-state index is 0.185. The highest BCUT2D eigenvalue weighted by atomic mass is 16.6. The number of benzene rings is 2. The van der Waals surface area contributed by atoms with E-state index in [9.17, 15) is 9.59 Å². The molecular formula is C19H19NO4. The van der Waals surface area contributed by atoms with Gasteiger partial charge in [0.25, 0.3) is 0 Å². The average molecular weight is 325 g/mol. The van der Waals surface area contributed by atoms with Crippen LogP contribution >= 0.6 is 0 Å². The maximum absolute atomic E-state index is 11.5. The summed E-state index contributed by atoms with van der Waals surface area (Å²) >= 11 is 0. The van der Waals surface area contributed by atoms with E-state index < -0.39 is 17.7 Å². The molecule has 0 radical (unpaired) electrons. The van der Waals surface area contributed by atoms with Crippen LogP contribution in [-0.4, -0.2) is 29.3 Å². The zero-order valence-electron chi connectivity index (χ0n) is 13.8. The Morgan fingerprint density at radius 3 is 2.46 bits per heavy atom. The van der Waals surface area contributed by atoms with Crippen molar-refractivity contribution in [2.24, 2.45) is 0 Å². The molecule has 2 aromatic carbocycles. The zero-order valence-corrected chi connectivity index (χ0v) is 13.8. The van der Waals surface area contributed by atoms with Gasteiger partial charge >= 0.3 is 12.1 Å². The second-order valence-corrected chi connectivity index (χ2v) is 6.24. The van der Waals surface area contributed by atoms with Crippen molar-refractivity contribution in [1.82, 2.24) is 5.32 Å². The van der Waals surface area contributed by atoms with Crippen LogP contribution in [0.2, 0.25) is 0 Å². The van der Waals surface area contributed by atoms with Crippen LogP contribution in [0.3, 0.4) is 0 Å². The third-order valence-corrected chi connectivity index (χ3v) is 3.04. The number of hydrogen-bond acceptors (Lipinski definition) is 3. The molecule has 2 rings (SSSR count). The van der Waals surface area contributed by atoms with Crippen LogP contribution in [-0.2, 0) is 4.74 Å². The van der Waals surface area contributed by atoms with E-state index in [1.54, 1.807) is 39.0 Å². The van der Waals surface area contributed by atoms with Gasteiger partial charge in [-0.3, -0.25) is 0 Å². The number of carboxylic acid groups (broad SMARTS) is 1. The molecule has 5 nitrogen and oxygen atoms in total. The molecule has 0 aromatic heterocycles. The zero-order chi connectivity index (χ0) is 17.7. The first-order valence-corrected chi connectivity index (χ1v) is 7.47. The third kappa shape index (κ3) is 5.03. The lowest BCUT2D eigenvalue weighted by Gasteiger charge is -2.18. The van der Waals surface area contributed by atoms with Gasteiger partial charge in [0.2, 0.25) is 0 Å². The fourth-order valence-corrected chi connectivity index (χ4v) is 2.03. The molecule has 0 spiro atoms. The van der Waals surface area contributed by atoms with Crippen LogP contribution in [0.4, 0.5) is 4.79 Å². The summed E-state index contributed by atoms with van der Waals surface area (Å²) in [5.41, 5.74) is 0.504. The summed E-state index contributed by atoms with van der Waals surface area (Å²) in [6.45, 7) is 5.57. The van der Waals surface area contributed by atoms with Gasteiger partial charge in [-0.25, -0.2) is 9.59 Å². The van der Waals surface area contributed by atoms with Gasteiger partial charge < -0.3 is 15.2 Å². The van der Waals surface area contributed by atoms with E-state index in [1.165, 1.54) is 0 Å². The van der Waals surface area contributed by atoms with E-state index in [1.807, 2.05) is 18.2 Å². The summed E-state index contributed by atoms with van der Waals surface area (Å²) in [6.07, 6.45) is -0.503. The van der Waals surface area contributed by atoms with Crippen molar-refractivity contribution < 1.29 is 19.4 Å². The molecule has 0 atom stereocenters. The van der Waals surface area contributed by atoms with Crippen LogP contribution in [0.15, 0.2) is 36.4 Å². The topological polar surface area (TPSA) is 75.6 Å². The highest BCUT2D eigenvalue weighted by Crippen LogP contribution is 2.17. The third-order valence-electron chi connectivity index (χ3n) is 3.04. The van der Waals surface area contributed by atoms with Crippen molar-refractivity contribution >= 4 is 22.8 Å². The van der Waals surface area contributed by atoms with Gasteiger partial charge in [0.15, 0.2) is 0 Å². The molecular weight excluding hydrogens is 306 g/mol. The van der Waals surface area contributed by atoms with Crippen LogP contribution < -0.4 is 5.32 Å². The summed E-state index contributed by atoms with van der Waals surface area (Å²) in [6, 6.07) is 10.5. The minimum Gasteiger partial charge on any atom is -0.478 e. The number of nitrogens with one attached hydrogen (secondary N) is 1. The standard InChI is InChI=1S/C19H19NO4/c1-19(2,3)24-18(23)20-10-4-5-13-6-7-15-12-16(17(21)22)9-8-14(15)11-13/h6-9,11-12H,10H2,1-3H3,(H,20,23)(H,21,22). The Balaban J connectivity index is 2.02. The van der Waals surface area contributed by atoms with Crippen LogP contribution in [0.5, 0.6) is 0 Å². The number of fused-ring (bicyclic) bond motifs is 1. The van der Waals surface area contributed by atoms with E-state index in [2.05, 4.69) is 17.2 Å². The van der Waals surface area contributed by atoms with Gasteiger partial charge in [-0.2, -0.15) is 0 Å². The number of ether oxygens (including phenoxy) is 1. The normalized spacial score (nSPS) is 10.6. The molecule has 2 aromatic rings. The number of rotatable bonds is 2. The molecule has 0 aliphatic carbocycles. The Kier molecular flexibility index (Phi) is 5.10. The molecule has 0 aliphatic rings. The molecule has 0 heterocycles. The first-order chi connectivity index (χ1) is 11.2. The maximum Gasteiger partial charge on any atom is 0.408 e. The predicted molar refractivity (Wildman–Crippen MR) is 92.0 cm³/mol.